The highest BCUT2D eigenvalue weighted by Crippen LogP contribution is 2.21. The number of nitrogens with zero attached hydrogens (tertiary/aromatic N) is 1. The van der Waals surface area contributed by atoms with Crippen LogP contribution < -0.4 is 0 Å². The van der Waals surface area contributed by atoms with Gasteiger partial charge in [-0.3, -0.25) is 9.69 Å². The van der Waals surface area contributed by atoms with Crippen molar-refractivity contribution in [1.29, 1.82) is 0 Å². The summed E-state index contributed by atoms with van der Waals surface area (Å²) in [7, 11) is 1.73. The zero-order chi connectivity index (χ0) is 11.3. The second-order valence-corrected chi connectivity index (χ2v) is 4.61. The quantitative estimate of drug-likeness (QED) is 0.698. The summed E-state index contributed by atoms with van der Waals surface area (Å²) in [5.74, 6) is 0.425. The maximum atomic E-state index is 11.4. The summed E-state index contributed by atoms with van der Waals surface area (Å²) < 4.78 is 5.11. The molecule has 0 spiro atoms. The zero-order valence-corrected chi connectivity index (χ0v) is 10.2. The largest absolute Gasteiger partial charge is 0.383 e. The number of methoxy groups -OCH3 is 1. The van der Waals surface area contributed by atoms with Crippen molar-refractivity contribution in [3.8, 4) is 0 Å². The van der Waals surface area contributed by atoms with Crippen molar-refractivity contribution >= 4 is 5.78 Å². The van der Waals surface area contributed by atoms with Crippen molar-refractivity contribution < 1.29 is 9.53 Å². The number of ether oxygens (including phenoxy) is 1. The first-order valence-corrected chi connectivity index (χ1v) is 5.91. The van der Waals surface area contributed by atoms with E-state index in [0.717, 1.165) is 38.8 Å². The lowest BCUT2D eigenvalue weighted by molar-refractivity contribution is -0.122. The zero-order valence-electron chi connectivity index (χ0n) is 10.2. The molecule has 1 atom stereocenters. The molecule has 0 aromatic heterocycles. The number of carbonyl (C=O) groups is 1. The standard InChI is InChI=1S/C12H23NO2/c1-10(2)13(7-8-15-3)11-5-4-6-12(14)9-11/h10-11H,4-9H2,1-3H3. The number of Topliss-reactive ketones (excluding diaryl/α,β-unsaturated/α-hetero) is 1. The molecule has 0 amide bonds. The fraction of sp³-hybridized carbons (Fsp3) is 0.917. The lowest BCUT2D eigenvalue weighted by Crippen LogP contribution is -2.44. The highest BCUT2D eigenvalue weighted by atomic mass is 16.5. The molecule has 0 bridgehead atoms. The van der Waals surface area contributed by atoms with E-state index in [2.05, 4.69) is 18.7 Å². The van der Waals surface area contributed by atoms with E-state index < -0.39 is 0 Å². The van der Waals surface area contributed by atoms with Crippen molar-refractivity contribution in [2.45, 2.75) is 51.6 Å². The summed E-state index contributed by atoms with van der Waals surface area (Å²) in [6.07, 6.45) is 3.74. The molecule has 15 heavy (non-hydrogen) atoms. The molecule has 1 aliphatic carbocycles. The molecule has 0 radical (unpaired) electrons. The summed E-state index contributed by atoms with van der Waals surface area (Å²) in [6.45, 7) is 6.07. The molecule has 0 aromatic rings. The van der Waals surface area contributed by atoms with Crippen molar-refractivity contribution in [3.63, 3.8) is 0 Å². The third kappa shape index (κ3) is 3.92. The van der Waals surface area contributed by atoms with Gasteiger partial charge in [-0.05, 0) is 26.7 Å². The van der Waals surface area contributed by atoms with Crippen LogP contribution in [-0.4, -0.2) is 43.0 Å². The molecule has 1 fully saturated rings. The van der Waals surface area contributed by atoms with E-state index in [-0.39, 0.29) is 0 Å². The predicted molar refractivity (Wildman–Crippen MR) is 61.0 cm³/mol. The molecular weight excluding hydrogens is 190 g/mol. The molecular formula is C12H23NO2. The first-order valence-electron chi connectivity index (χ1n) is 5.91. The third-order valence-electron chi connectivity index (χ3n) is 3.14. The van der Waals surface area contributed by atoms with Gasteiger partial charge in [-0.15, -0.1) is 0 Å². The molecule has 1 aliphatic rings. The summed E-state index contributed by atoms with van der Waals surface area (Å²) in [5.41, 5.74) is 0. The van der Waals surface area contributed by atoms with Crippen molar-refractivity contribution in [1.82, 2.24) is 4.90 Å². The number of hydrogen-bond acceptors (Lipinski definition) is 3. The Kier molecular flexibility index (Phi) is 5.26. The lowest BCUT2D eigenvalue weighted by Gasteiger charge is -2.36. The van der Waals surface area contributed by atoms with Crippen LogP contribution in [0.4, 0.5) is 0 Å². The predicted octanol–water partition coefficient (Wildman–Crippen LogP) is 1.85. The van der Waals surface area contributed by atoms with Crippen molar-refractivity contribution in [2.75, 3.05) is 20.3 Å². The van der Waals surface area contributed by atoms with Gasteiger partial charge >= 0.3 is 0 Å². The van der Waals surface area contributed by atoms with E-state index in [9.17, 15) is 4.79 Å². The average molecular weight is 213 g/mol. The second-order valence-electron chi connectivity index (χ2n) is 4.61. The number of hydrogen-bond donors (Lipinski definition) is 0. The monoisotopic (exact) mass is 213 g/mol. The lowest BCUT2D eigenvalue weighted by atomic mass is 9.92. The minimum absolute atomic E-state index is 0.425. The van der Waals surface area contributed by atoms with Gasteiger partial charge < -0.3 is 4.74 Å². The minimum Gasteiger partial charge on any atom is -0.383 e. The second kappa shape index (κ2) is 6.23. The smallest absolute Gasteiger partial charge is 0.134 e. The molecule has 0 aliphatic heterocycles. The normalized spacial score (nSPS) is 22.7. The fourth-order valence-electron chi connectivity index (χ4n) is 2.34. The van der Waals surface area contributed by atoms with Crippen LogP contribution in [0, 0.1) is 0 Å². The maximum absolute atomic E-state index is 11.4. The molecule has 1 unspecified atom stereocenters. The van der Waals surface area contributed by atoms with E-state index in [4.69, 9.17) is 4.74 Å². The molecule has 3 nitrogen and oxygen atoms in total. The summed E-state index contributed by atoms with van der Waals surface area (Å²) in [6, 6.07) is 0.942. The summed E-state index contributed by atoms with van der Waals surface area (Å²) in [4.78, 5) is 13.8. The number of rotatable bonds is 5. The Labute approximate surface area is 92.8 Å². The van der Waals surface area contributed by atoms with Gasteiger partial charge in [0.2, 0.25) is 0 Å². The van der Waals surface area contributed by atoms with Crippen LogP contribution >= 0.6 is 0 Å². The van der Waals surface area contributed by atoms with Crippen LogP contribution in [0.3, 0.4) is 0 Å². The number of ketones is 1. The topological polar surface area (TPSA) is 29.5 Å². The Hall–Kier alpha value is -0.410. The van der Waals surface area contributed by atoms with Crippen molar-refractivity contribution in [2.24, 2.45) is 0 Å². The first-order chi connectivity index (χ1) is 7.15. The Balaban J connectivity index is 2.49. The van der Waals surface area contributed by atoms with Crippen LogP contribution in [0.2, 0.25) is 0 Å². The third-order valence-corrected chi connectivity index (χ3v) is 3.14. The molecule has 0 saturated heterocycles. The van der Waals surface area contributed by atoms with E-state index >= 15 is 0 Å². The van der Waals surface area contributed by atoms with Gasteiger partial charge in [0.05, 0.1) is 6.61 Å². The van der Waals surface area contributed by atoms with Gasteiger partial charge in [-0.25, -0.2) is 0 Å². The Bertz CT molecular complexity index is 204. The van der Waals surface area contributed by atoms with Gasteiger partial charge in [0.1, 0.15) is 5.78 Å². The molecule has 1 saturated carbocycles. The van der Waals surface area contributed by atoms with Crippen LogP contribution in [0.1, 0.15) is 39.5 Å². The fourth-order valence-corrected chi connectivity index (χ4v) is 2.34. The van der Waals surface area contributed by atoms with E-state index in [1.54, 1.807) is 7.11 Å². The van der Waals surface area contributed by atoms with Gasteiger partial charge in [-0.2, -0.15) is 0 Å². The Morgan fingerprint density at radius 3 is 2.80 bits per heavy atom. The van der Waals surface area contributed by atoms with Crippen LogP contribution in [0.15, 0.2) is 0 Å². The molecule has 0 N–H and O–H groups in total. The Morgan fingerprint density at radius 1 is 1.53 bits per heavy atom. The van der Waals surface area contributed by atoms with Crippen molar-refractivity contribution in [3.05, 3.63) is 0 Å². The van der Waals surface area contributed by atoms with Gasteiger partial charge in [-0.1, -0.05) is 0 Å². The molecule has 88 valence electrons. The molecule has 1 rings (SSSR count). The minimum atomic E-state index is 0.425. The van der Waals surface area contributed by atoms with E-state index in [1.807, 2.05) is 0 Å². The van der Waals surface area contributed by atoms with Crippen LogP contribution in [0.5, 0.6) is 0 Å². The van der Waals surface area contributed by atoms with Gasteiger partial charge in [0.25, 0.3) is 0 Å². The molecule has 3 heteroatoms. The maximum Gasteiger partial charge on any atom is 0.134 e. The van der Waals surface area contributed by atoms with Gasteiger partial charge in [0, 0.05) is 38.6 Å². The highest BCUT2D eigenvalue weighted by Gasteiger charge is 2.26. The number of carbonyl (C=O) groups excluding carboxylic acids is 1. The van der Waals surface area contributed by atoms with Crippen LogP contribution in [0.25, 0.3) is 0 Å². The average Bonchev–Trinajstić information content (AvgIpc) is 2.18. The SMILES string of the molecule is COCCN(C(C)C)C1CCCC(=O)C1. The molecule has 0 aromatic carbocycles. The van der Waals surface area contributed by atoms with E-state index in [0.29, 0.717) is 17.9 Å². The highest BCUT2D eigenvalue weighted by molar-refractivity contribution is 5.79. The van der Waals surface area contributed by atoms with E-state index in [1.165, 1.54) is 0 Å². The summed E-state index contributed by atoms with van der Waals surface area (Å²) in [5, 5.41) is 0. The summed E-state index contributed by atoms with van der Waals surface area (Å²) >= 11 is 0. The Morgan fingerprint density at radius 2 is 2.27 bits per heavy atom. The van der Waals surface area contributed by atoms with Gasteiger partial charge in [0.15, 0.2) is 0 Å². The first kappa shape index (κ1) is 12.7. The van der Waals surface area contributed by atoms with Crippen LogP contribution in [-0.2, 0) is 9.53 Å². The molecule has 0 heterocycles.